The fourth-order valence-electron chi connectivity index (χ4n) is 3.94. The topological polar surface area (TPSA) is 34.1 Å². The molecule has 0 N–H and O–H groups in total. The summed E-state index contributed by atoms with van der Waals surface area (Å²) in [4.78, 5) is 24.9. The normalized spacial score (nSPS) is 16.1. The average Bonchev–Trinajstić information content (AvgIpc) is 2.77. The number of carbonyl (C=O) groups is 2. The van der Waals surface area contributed by atoms with E-state index in [-0.39, 0.29) is 11.6 Å². The van der Waals surface area contributed by atoms with Crippen molar-refractivity contribution in [2.24, 2.45) is 5.92 Å². The number of allylic oxidation sites excluding steroid dienone is 10. The molecule has 0 aromatic carbocycles. The van der Waals surface area contributed by atoms with Gasteiger partial charge in [0.05, 0.1) is 0 Å². The predicted octanol–water partition coefficient (Wildman–Crippen LogP) is 9.43. The van der Waals surface area contributed by atoms with E-state index in [0.717, 1.165) is 50.5 Å². The second-order valence-electron chi connectivity index (χ2n) is 9.69. The lowest BCUT2D eigenvalue weighted by atomic mass is 9.82. The van der Waals surface area contributed by atoms with Crippen LogP contribution in [0, 0.1) is 5.92 Å². The van der Waals surface area contributed by atoms with Gasteiger partial charge in [-0.05, 0) is 106 Å². The quantitative estimate of drug-likeness (QED) is 0.217. The molecule has 0 spiro atoms. The molecule has 0 saturated heterocycles. The first-order valence-corrected chi connectivity index (χ1v) is 13.0. The van der Waals surface area contributed by atoms with E-state index in [1.54, 1.807) is 20.8 Å². The second kappa shape index (κ2) is 16.6. The van der Waals surface area contributed by atoms with Gasteiger partial charge in [0.1, 0.15) is 0 Å². The summed E-state index contributed by atoms with van der Waals surface area (Å²) in [5, 5.41) is 0. The van der Waals surface area contributed by atoms with Crippen LogP contribution in [0.25, 0.3) is 0 Å². The maximum Gasteiger partial charge on any atom is 0.185 e. The summed E-state index contributed by atoms with van der Waals surface area (Å²) in [6.45, 7) is 20.4. The van der Waals surface area contributed by atoms with Crippen LogP contribution in [0.1, 0.15) is 121 Å². The van der Waals surface area contributed by atoms with Gasteiger partial charge in [-0.15, -0.1) is 0 Å². The van der Waals surface area contributed by atoms with Gasteiger partial charge in [-0.1, -0.05) is 55.7 Å². The van der Waals surface area contributed by atoms with Gasteiger partial charge in [-0.2, -0.15) is 0 Å². The molecule has 1 aliphatic carbocycles. The Balaban J connectivity index is 0.00000497. The Bertz CT molecular complexity index is 808. The van der Waals surface area contributed by atoms with Gasteiger partial charge in [0, 0.05) is 22.3 Å². The molecular formula is C31H50O2. The van der Waals surface area contributed by atoms with E-state index in [9.17, 15) is 9.59 Å². The third kappa shape index (κ3) is 11.6. The average molecular weight is 455 g/mol. The Hall–Kier alpha value is -1.96. The minimum Gasteiger partial charge on any atom is -0.289 e. The Morgan fingerprint density at radius 3 is 1.73 bits per heavy atom. The predicted molar refractivity (Wildman–Crippen MR) is 145 cm³/mol. The molecule has 0 aromatic heterocycles. The van der Waals surface area contributed by atoms with Gasteiger partial charge in [0.15, 0.2) is 11.6 Å². The third-order valence-electron chi connectivity index (χ3n) is 6.47. The first-order chi connectivity index (χ1) is 15.5. The highest BCUT2D eigenvalue weighted by atomic mass is 16.1. The molecule has 0 bridgehead atoms. The van der Waals surface area contributed by atoms with E-state index >= 15 is 0 Å². The summed E-state index contributed by atoms with van der Waals surface area (Å²) in [6, 6.07) is 0. The van der Waals surface area contributed by atoms with Crippen molar-refractivity contribution in [3.05, 3.63) is 57.2 Å². The number of hydrogen-bond acceptors (Lipinski definition) is 2. The van der Waals surface area contributed by atoms with Crippen molar-refractivity contribution in [1.82, 2.24) is 0 Å². The van der Waals surface area contributed by atoms with E-state index in [0.29, 0.717) is 29.1 Å². The standard InChI is InChI=1S/C29H44O2.C2H6/c1-20(2)12-9-13-21(3)14-10-15-22(4)16-11-17-23(5)18-19-27-26(8)28(30)24(6)25(7)29(27)31;1-2/h12,14,16,23H,9-11,13,15,17-19H2,1-8H3;1-2H3/b21-14+,22-16+;/t23-;/m0./s1. The summed E-state index contributed by atoms with van der Waals surface area (Å²) in [7, 11) is 0. The highest BCUT2D eigenvalue weighted by molar-refractivity contribution is 6.24. The van der Waals surface area contributed by atoms with Crippen LogP contribution in [0.5, 0.6) is 0 Å². The lowest BCUT2D eigenvalue weighted by molar-refractivity contribution is -0.116. The molecule has 2 heteroatoms. The maximum absolute atomic E-state index is 12.6. The lowest BCUT2D eigenvalue weighted by Crippen LogP contribution is -2.21. The SMILES string of the molecule is CC.CC(C)=CCC/C(C)=C/CC/C(C)=C/CC[C@H](C)CCC1=C(C)C(=O)C(C)=C(C)C1=O. The number of rotatable bonds is 12. The van der Waals surface area contributed by atoms with Crippen molar-refractivity contribution < 1.29 is 9.59 Å². The fourth-order valence-corrected chi connectivity index (χ4v) is 3.94. The zero-order chi connectivity index (χ0) is 25.6. The van der Waals surface area contributed by atoms with Crippen LogP contribution < -0.4 is 0 Å². The highest BCUT2D eigenvalue weighted by Gasteiger charge is 2.27. The van der Waals surface area contributed by atoms with Gasteiger partial charge in [0.2, 0.25) is 0 Å². The molecule has 0 aliphatic heterocycles. The van der Waals surface area contributed by atoms with Gasteiger partial charge in [0.25, 0.3) is 0 Å². The first kappa shape index (κ1) is 31.0. The van der Waals surface area contributed by atoms with E-state index in [1.165, 1.54) is 16.7 Å². The van der Waals surface area contributed by atoms with Crippen LogP contribution in [0.3, 0.4) is 0 Å². The molecule has 2 nitrogen and oxygen atoms in total. The van der Waals surface area contributed by atoms with Gasteiger partial charge >= 0.3 is 0 Å². The van der Waals surface area contributed by atoms with Crippen LogP contribution in [0.4, 0.5) is 0 Å². The first-order valence-electron chi connectivity index (χ1n) is 13.0. The number of ketones is 2. The van der Waals surface area contributed by atoms with Gasteiger partial charge in [-0.3, -0.25) is 9.59 Å². The molecule has 0 amide bonds. The van der Waals surface area contributed by atoms with Crippen LogP contribution >= 0.6 is 0 Å². The summed E-state index contributed by atoms with van der Waals surface area (Å²) in [6.07, 6.45) is 15.5. The molecular weight excluding hydrogens is 404 g/mol. The zero-order valence-corrected chi connectivity index (χ0v) is 23.3. The Morgan fingerprint density at radius 1 is 0.697 bits per heavy atom. The van der Waals surface area contributed by atoms with Crippen molar-refractivity contribution in [2.45, 2.75) is 121 Å². The van der Waals surface area contributed by atoms with Crippen LogP contribution in [0.2, 0.25) is 0 Å². The summed E-state index contributed by atoms with van der Waals surface area (Å²) in [5.74, 6) is 0.651. The summed E-state index contributed by atoms with van der Waals surface area (Å²) >= 11 is 0. The number of hydrogen-bond donors (Lipinski definition) is 0. The zero-order valence-electron chi connectivity index (χ0n) is 23.3. The molecule has 0 radical (unpaired) electrons. The Labute approximate surface area is 205 Å². The Morgan fingerprint density at radius 2 is 1.18 bits per heavy atom. The molecule has 0 heterocycles. The van der Waals surface area contributed by atoms with Crippen LogP contribution in [-0.2, 0) is 9.59 Å². The number of Topliss-reactive ketones (excluding diaryl/α,β-unsaturated/α-hetero) is 2. The van der Waals surface area contributed by atoms with Crippen LogP contribution in [-0.4, -0.2) is 11.6 Å². The van der Waals surface area contributed by atoms with Crippen molar-refractivity contribution in [2.75, 3.05) is 0 Å². The summed E-state index contributed by atoms with van der Waals surface area (Å²) in [5.41, 5.74) is 6.96. The fraction of sp³-hybridized carbons (Fsp3) is 0.613. The molecule has 1 rings (SSSR count). The lowest BCUT2D eigenvalue weighted by Gasteiger charge is -2.20. The molecule has 0 saturated carbocycles. The third-order valence-corrected chi connectivity index (χ3v) is 6.47. The molecule has 0 unspecified atom stereocenters. The second-order valence-corrected chi connectivity index (χ2v) is 9.69. The highest BCUT2D eigenvalue weighted by Crippen LogP contribution is 2.29. The van der Waals surface area contributed by atoms with E-state index in [2.05, 4.69) is 52.8 Å². The van der Waals surface area contributed by atoms with E-state index < -0.39 is 0 Å². The smallest absolute Gasteiger partial charge is 0.185 e. The van der Waals surface area contributed by atoms with Crippen molar-refractivity contribution in [1.29, 1.82) is 0 Å². The Kier molecular flexibility index (Phi) is 15.6. The molecule has 1 atom stereocenters. The van der Waals surface area contributed by atoms with Crippen LogP contribution in [0.15, 0.2) is 57.2 Å². The molecule has 186 valence electrons. The van der Waals surface area contributed by atoms with Crippen molar-refractivity contribution in [3.63, 3.8) is 0 Å². The summed E-state index contributed by atoms with van der Waals surface area (Å²) < 4.78 is 0. The van der Waals surface area contributed by atoms with Gasteiger partial charge < -0.3 is 0 Å². The maximum atomic E-state index is 12.6. The molecule has 33 heavy (non-hydrogen) atoms. The molecule has 0 fully saturated rings. The minimum atomic E-state index is 0.0412. The van der Waals surface area contributed by atoms with Crippen molar-refractivity contribution in [3.8, 4) is 0 Å². The largest absolute Gasteiger partial charge is 0.289 e. The van der Waals surface area contributed by atoms with E-state index in [1.807, 2.05) is 13.8 Å². The van der Waals surface area contributed by atoms with Gasteiger partial charge in [-0.25, -0.2) is 0 Å². The van der Waals surface area contributed by atoms with E-state index in [4.69, 9.17) is 0 Å². The van der Waals surface area contributed by atoms with Crippen molar-refractivity contribution >= 4 is 11.6 Å². The minimum absolute atomic E-state index is 0.0412. The monoisotopic (exact) mass is 454 g/mol. The molecule has 0 aromatic rings. The molecule has 1 aliphatic rings. The number of carbonyl (C=O) groups excluding carboxylic acids is 2.